The molecule has 2 unspecified atom stereocenters. The average molecular weight is 322 g/mol. The van der Waals surface area contributed by atoms with Crippen molar-refractivity contribution in [3.8, 4) is 0 Å². The zero-order chi connectivity index (χ0) is 17.2. The van der Waals surface area contributed by atoms with Crippen molar-refractivity contribution in [2.75, 3.05) is 13.1 Å². The molecule has 2 nitrogen and oxygen atoms in total. The third-order valence-corrected chi connectivity index (χ3v) is 5.45. The highest BCUT2D eigenvalue weighted by Gasteiger charge is 2.41. The molecule has 1 saturated heterocycles. The Labute approximate surface area is 146 Å². The Balaban J connectivity index is 1.92. The van der Waals surface area contributed by atoms with Crippen LogP contribution in [-0.4, -0.2) is 24.0 Å². The number of benzene rings is 2. The maximum Gasteiger partial charge on any atom is 0.0561 e. The molecule has 128 valence electrons. The summed E-state index contributed by atoms with van der Waals surface area (Å²) in [6.45, 7) is 12.4. The van der Waals surface area contributed by atoms with E-state index in [0.717, 1.165) is 19.6 Å². The molecule has 0 aromatic heterocycles. The summed E-state index contributed by atoms with van der Waals surface area (Å²) < 4.78 is 0. The number of piperazine rings is 1. The zero-order valence-electron chi connectivity index (χ0n) is 15.4. The Morgan fingerprint density at radius 1 is 1.00 bits per heavy atom. The van der Waals surface area contributed by atoms with Crippen LogP contribution in [0.5, 0.6) is 0 Å². The highest BCUT2D eigenvalue weighted by Crippen LogP contribution is 2.35. The number of rotatable bonds is 3. The lowest BCUT2D eigenvalue weighted by atomic mass is 9.80. The van der Waals surface area contributed by atoms with Crippen LogP contribution >= 0.6 is 0 Å². The van der Waals surface area contributed by atoms with Gasteiger partial charge in [-0.15, -0.1) is 0 Å². The van der Waals surface area contributed by atoms with Gasteiger partial charge in [0.25, 0.3) is 0 Å². The van der Waals surface area contributed by atoms with Crippen LogP contribution in [0, 0.1) is 5.41 Å². The van der Waals surface area contributed by atoms with Gasteiger partial charge in [-0.05, 0) is 23.5 Å². The van der Waals surface area contributed by atoms with Gasteiger partial charge >= 0.3 is 0 Å². The molecule has 2 aromatic carbocycles. The van der Waals surface area contributed by atoms with E-state index in [9.17, 15) is 0 Å². The summed E-state index contributed by atoms with van der Waals surface area (Å²) in [6, 6.07) is 22.3. The highest BCUT2D eigenvalue weighted by molar-refractivity contribution is 5.26. The maximum absolute atomic E-state index is 3.82. The van der Waals surface area contributed by atoms with Crippen LogP contribution in [0.15, 0.2) is 60.7 Å². The SMILES string of the molecule is CC(C)(C)C1CN(Cc2ccccc2)C(C)(c2ccccc2)CN1. The molecule has 0 saturated carbocycles. The van der Waals surface area contributed by atoms with Crippen LogP contribution in [0.2, 0.25) is 0 Å². The second kappa shape index (κ2) is 6.70. The number of nitrogens with one attached hydrogen (secondary N) is 1. The molecule has 1 aliphatic rings. The highest BCUT2D eigenvalue weighted by atomic mass is 15.3. The van der Waals surface area contributed by atoms with Gasteiger partial charge in [-0.1, -0.05) is 81.4 Å². The normalized spacial score (nSPS) is 25.6. The summed E-state index contributed by atoms with van der Waals surface area (Å²) in [5, 5.41) is 3.82. The van der Waals surface area contributed by atoms with Crippen molar-refractivity contribution in [3.63, 3.8) is 0 Å². The quantitative estimate of drug-likeness (QED) is 0.900. The van der Waals surface area contributed by atoms with Gasteiger partial charge in [0, 0.05) is 25.7 Å². The van der Waals surface area contributed by atoms with Crippen LogP contribution < -0.4 is 5.32 Å². The first-order valence-electron chi connectivity index (χ1n) is 8.97. The molecule has 1 aliphatic heterocycles. The summed E-state index contributed by atoms with van der Waals surface area (Å²) in [5.74, 6) is 0. The molecule has 24 heavy (non-hydrogen) atoms. The summed E-state index contributed by atoms with van der Waals surface area (Å²) in [6.07, 6.45) is 0. The van der Waals surface area contributed by atoms with E-state index in [1.54, 1.807) is 0 Å². The summed E-state index contributed by atoms with van der Waals surface area (Å²) in [7, 11) is 0. The molecular weight excluding hydrogens is 292 g/mol. The summed E-state index contributed by atoms with van der Waals surface area (Å²) >= 11 is 0. The van der Waals surface area contributed by atoms with E-state index in [2.05, 4.69) is 98.6 Å². The minimum atomic E-state index is 0.0127. The van der Waals surface area contributed by atoms with Crippen molar-refractivity contribution in [1.29, 1.82) is 0 Å². The first-order chi connectivity index (χ1) is 11.4. The van der Waals surface area contributed by atoms with Crippen molar-refractivity contribution < 1.29 is 0 Å². The molecule has 2 aromatic rings. The smallest absolute Gasteiger partial charge is 0.0561 e. The monoisotopic (exact) mass is 322 g/mol. The Morgan fingerprint density at radius 2 is 1.58 bits per heavy atom. The first kappa shape index (κ1) is 17.2. The minimum Gasteiger partial charge on any atom is -0.310 e. The van der Waals surface area contributed by atoms with Crippen molar-refractivity contribution in [2.24, 2.45) is 5.41 Å². The van der Waals surface area contributed by atoms with Gasteiger partial charge in [0.2, 0.25) is 0 Å². The van der Waals surface area contributed by atoms with Crippen molar-refractivity contribution in [3.05, 3.63) is 71.8 Å². The molecule has 0 amide bonds. The van der Waals surface area contributed by atoms with Crippen molar-refractivity contribution in [2.45, 2.75) is 45.8 Å². The molecule has 1 N–H and O–H groups in total. The second-order valence-electron chi connectivity index (χ2n) is 8.31. The van der Waals surface area contributed by atoms with Crippen molar-refractivity contribution in [1.82, 2.24) is 10.2 Å². The van der Waals surface area contributed by atoms with E-state index >= 15 is 0 Å². The van der Waals surface area contributed by atoms with Crippen molar-refractivity contribution >= 4 is 0 Å². The molecule has 0 bridgehead atoms. The zero-order valence-corrected chi connectivity index (χ0v) is 15.4. The molecule has 2 heteroatoms. The van der Waals surface area contributed by atoms with Crippen LogP contribution in [0.4, 0.5) is 0 Å². The number of nitrogens with zero attached hydrogens (tertiary/aromatic N) is 1. The second-order valence-corrected chi connectivity index (χ2v) is 8.31. The lowest BCUT2D eigenvalue weighted by Crippen LogP contribution is -2.63. The Morgan fingerprint density at radius 3 is 2.17 bits per heavy atom. The number of hydrogen-bond acceptors (Lipinski definition) is 2. The van der Waals surface area contributed by atoms with Gasteiger partial charge in [0.15, 0.2) is 0 Å². The van der Waals surface area contributed by atoms with Gasteiger partial charge in [-0.25, -0.2) is 0 Å². The van der Waals surface area contributed by atoms with Gasteiger partial charge in [-0.2, -0.15) is 0 Å². The molecule has 2 atom stereocenters. The van der Waals surface area contributed by atoms with Gasteiger partial charge < -0.3 is 5.32 Å². The number of hydrogen-bond donors (Lipinski definition) is 1. The fourth-order valence-electron chi connectivity index (χ4n) is 3.62. The van der Waals surface area contributed by atoms with Crippen LogP contribution in [0.1, 0.15) is 38.8 Å². The van der Waals surface area contributed by atoms with E-state index in [1.807, 2.05) is 0 Å². The summed E-state index contributed by atoms with van der Waals surface area (Å²) in [5.41, 5.74) is 3.04. The van der Waals surface area contributed by atoms with E-state index in [1.165, 1.54) is 11.1 Å². The molecular formula is C22H30N2. The maximum atomic E-state index is 3.82. The van der Waals surface area contributed by atoms with Gasteiger partial charge in [-0.3, -0.25) is 4.90 Å². The lowest BCUT2D eigenvalue weighted by molar-refractivity contribution is 0.0153. The van der Waals surface area contributed by atoms with Crippen LogP contribution in [0.25, 0.3) is 0 Å². The molecule has 0 radical (unpaired) electrons. The Bertz CT molecular complexity index is 645. The lowest BCUT2D eigenvalue weighted by Gasteiger charge is -2.51. The Kier molecular flexibility index (Phi) is 4.80. The molecule has 3 rings (SSSR count). The largest absolute Gasteiger partial charge is 0.310 e. The van der Waals surface area contributed by atoms with E-state index in [4.69, 9.17) is 0 Å². The molecule has 1 heterocycles. The van der Waals surface area contributed by atoms with Gasteiger partial charge in [0.05, 0.1) is 5.54 Å². The predicted molar refractivity (Wildman–Crippen MR) is 102 cm³/mol. The standard InChI is InChI=1S/C22H30N2/c1-21(2,3)20-16-24(15-18-11-7-5-8-12-18)22(4,17-23-20)19-13-9-6-10-14-19/h5-14,20,23H,15-17H2,1-4H3. The third kappa shape index (κ3) is 3.55. The topological polar surface area (TPSA) is 15.3 Å². The van der Waals surface area contributed by atoms with Crippen LogP contribution in [-0.2, 0) is 12.1 Å². The fourth-order valence-corrected chi connectivity index (χ4v) is 3.62. The third-order valence-electron chi connectivity index (χ3n) is 5.45. The fraction of sp³-hybridized carbons (Fsp3) is 0.455. The molecule has 0 aliphatic carbocycles. The van der Waals surface area contributed by atoms with E-state index in [0.29, 0.717) is 6.04 Å². The van der Waals surface area contributed by atoms with Crippen LogP contribution in [0.3, 0.4) is 0 Å². The summed E-state index contributed by atoms with van der Waals surface area (Å²) in [4.78, 5) is 2.66. The predicted octanol–water partition coefficient (Wildman–Crippen LogP) is 4.42. The first-order valence-corrected chi connectivity index (χ1v) is 8.97. The average Bonchev–Trinajstić information content (AvgIpc) is 2.58. The van der Waals surface area contributed by atoms with Gasteiger partial charge in [0.1, 0.15) is 0 Å². The molecule has 0 spiro atoms. The van der Waals surface area contributed by atoms with E-state index < -0.39 is 0 Å². The Hall–Kier alpha value is -1.64. The molecule has 1 fully saturated rings. The minimum absolute atomic E-state index is 0.0127. The van der Waals surface area contributed by atoms with E-state index in [-0.39, 0.29) is 11.0 Å².